The topological polar surface area (TPSA) is 80.0 Å². The van der Waals surface area contributed by atoms with E-state index in [1.54, 1.807) is 18.2 Å². The normalized spacial score (nSPS) is 14.7. The summed E-state index contributed by atoms with van der Waals surface area (Å²) in [5.41, 5.74) is 0.893. The van der Waals surface area contributed by atoms with E-state index >= 15 is 0 Å². The Morgan fingerprint density at radius 1 is 1.26 bits per heavy atom. The molecule has 0 saturated carbocycles. The molecule has 2 heterocycles. The zero-order valence-corrected chi connectivity index (χ0v) is 14.9. The lowest BCUT2D eigenvalue weighted by Crippen LogP contribution is -2.40. The Kier molecular flexibility index (Phi) is 5.71. The summed E-state index contributed by atoms with van der Waals surface area (Å²) in [5.74, 6) is -1.35. The first-order valence-electron chi connectivity index (χ1n) is 8.57. The summed E-state index contributed by atoms with van der Waals surface area (Å²) in [6, 6.07) is 9.17. The number of aliphatic hydroxyl groups is 1. The van der Waals surface area contributed by atoms with Crippen LogP contribution in [0, 0.1) is 5.82 Å². The molecule has 2 aromatic rings. The quantitative estimate of drug-likeness (QED) is 0.755. The first-order chi connectivity index (χ1) is 13.0. The molecule has 1 aliphatic heterocycles. The van der Waals surface area contributed by atoms with Gasteiger partial charge in [0.15, 0.2) is 11.5 Å². The van der Waals surface area contributed by atoms with Gasteiger partial charge in [0.1, 0.15) is 11.6 Å². The second kappa shape index (κ2) is 8.18. The average Bonchev–Trinajstić information content (AvgIpc) is 3.13. The van der Waals surface area contributed by atoms with Crippen LogP contribution in [0.4, 0.5) is 4.39 Å². The number of carbonyl (C=O) groups is 2. The second-order valence-electron chi connectivity index (χ2n) is 6.26. The van der Waals surface area contributed by atoms with Crippen LogP contribution in [0.1, 0.15) is 28.3 Å². The minimum Gasteiger partial charge on any atom is -0.503 e. The van der Waals surface area contributed by atoms with Crippen molar-refractivity contribution in [1.29, 1.82) is 0 Å². The number of furan rings is 1. The van der Waals surface area contributed by atoms with E-state index in [2.05, 4.69) is 0 Å². The lowest BCUT2D eigenvalue weighted by Gasteiger charge is -2.27. The summed E-state index contributed by atoms with van der Waals surface area (Å²) in [4.78, 5) is 26.3. The van der Waals surface area contributed by atoms with Gasteiger partial charge in [-0.05, 0) is 36.2 Å². The average molecular weight is 373 g/mol. The molecule has 0 fully saturated rings. The molecule has 0 bridgehead atoms. The maximum Gasteiger partial charge on any atom is 0.289 e. The SMILES string of the molecule is COCCN1CCC(C(=O)c2ccc(Cc3ccc(F)cc3)o2)=C(O)C1=O. The minimum absolute atomic E-state index is 0.0522. The fourth-order valence-corrected chi connectivity index (χ4v) is 2.93. The smallest absolute Gasteiger partial charge is 0.289 e. The van der Waals surface area contributed by atoms with E-state index in [9.17, 15) is 19.1 Å². The van der Waals surface area contributed by atoms with Crippen molar-refractivity contribution in [3.05, 3.63) is 70.6 Å². The number of hydrogen-bond donors (Lipinski definition) is 1. The monoisotopic (exact) mass is 373 g/mol. The van der Waals surface area contributed by atoms with Gasteiger partial charge in [-0.2, -0.15) is 0 Å². The van der Waals surface area contributed by atoms with Gasteiger partial charge >= 0.3 is 0 Å². The third kappa shape index (κ3) is 4.25. The molecule has 0 saturated heterocycles. The Morgan fingerprint density at radius 2 is 2.00 bits per heavy atom. The molecule has 3 rings (SSSR count). The van der Waals surface area contributed by atoms with Gasteiger partial charge in [-0.25, -0.2) is 4.39 Å². The highest BCUT2D eigenvalue weighted by atomic mass is 19.1. The number of hydrogen-bond acceptors (Lipinski definition) is 5. The predicted molar refractivity (Wildman–Crippen MR) is 95.0 cm³/mol. The maximum absolute atomic E-state index is 13.0. The zero-order chi connectivity index (χ0) is 19.4. The minimum atomic E-state index is -0.584. The molecule has 6 nitrogen and oxygen atoms in total. The van der Waals surface area contributed by atoms with Crippen LogP contribution in [0.5, 0.6) is 0 Å². The number of benzene rings is 1. The second-order valence-corrected chi connectivity index (χ2v) is 6.26. The van der Waals surface area contributed by atoms with Crippen LogP contribution in [0.15, 0.2) is 52.1 Å². The van der Waals surface area contributed by atoms with Crippen LogP contribution in [-0.4, -0.2) is 48.5 Å². The molecule has 1 aromatic carbocycles. The van der Waals surface area contributed by atoms with E-state index in [0.717, 1.165) is 5.56 Å². The summed E-state index contributed by atoms with van der Waals surface area (Å²) < 4.78 is 23.5. The van der Waals surface area contributed by atoms with E-state index in [1.807, 2.05) is 0 Å². The van der Waals surface area contributed by atoms with Crippen molar-refractivity contribution in [2.75, 3.05) is 26.8 Å². The van der Waals surface area contributed by atoms with Crippen LogP contribution in [0.25, 0.3) is 0 Å². The van der Waals surface area contributed by atoms with Crippen molar-refractivity contribution in [3.63, 3.8) is 0 Å². The van der Waals surface area contributed by atoms with Gasteiger partial charge in [0.2, 0.25) is 5.78 Å². The zero-order valence-electron chi connectivity index (χ0n) is 14.9. The molecule has 142 valence electrons. The lowest BCUT2D eigenvalue weighted by molar-refractivity contribution is -0.131. The predicted octanol–water partition coefficient (Wildman–Crippen LogP) is 2.88. The number of nitrogens with zero attached hydrogens (tertiary/aromatic N) is 1. The van der Waals surface area contributed by atoms with Gasteiger partial charge in [0.05, 0.1) is 12.2 Å². The van der Waals surface area contributed by atoms with Crippen LogP contribution in [-0.2, 0) is 16.0 Å². The number of carbonyl (C=O) groups excluding carboxylic acids is 2. The van der Waals surface area contributed by atoms with Crippen molar-refractivity contribution in [3.8, 4) is 0 Å². The van der Waals surface area contributed by atoms with Crippen molar-refractivity contribution < 1.29 is 28.2 Å². The first-order valence-corrected chi connectivity index (χ1v) is 8.57. The molecule has 0 unspecified atom stereocenters. The number of amides is 1. The third-order valence-electron chi connectivity index (χ3n) is 4.42. The first kappa shape index (κ1) is 18.8. The molecule has 1 amide bonds. The van der Waals surface area contributed by atoms with E-state index < -0.39 is 17.4 Å². The molecule has 0 aliphatic carbocycles. The van der Waals surface area contributed by atoms with E-state index in [1.165, 1.54) is 30.2 Å². The lowest BCUT2D eigenvalue weighted by atomic mass is 10.00. The Bertz CT molecular complexity index is 869. The summed E-state index contributed by atoms with van der Waals surface area (Å²) >= 11 is 0. The van der Waals surface area contributed by atoms with E-state index in [-0.39, 0.29) is 23.6 Å². The molecular formula is C20H20FNO5. The standard InChI is InChI=1S/C20H20FNO5/c1-26-11-10-22-9-8-16(19(24)20(22)25)18(23)17-7-6-15(27-17)12-13-2-4-14(21)5-3-13/h2-7,24H,8-12H2,1H3. The number of halogens is 1. The van der Waals surface area contributed by atoms with Gasteiger partial charge in [-0.15, -0.1) is 0 Å². The summed E-state index contributed by atoms with van der Waals surface area (Å²) in [7, 11) is 1.53. The molecule has 7 heteroatoms. The number of methoxy groups -OCH3 is 1. The number of rotatable bonds is 7. The van der Waals surface area contributed by atoms with Crippen molar-refractivity contribution in [1.82, 2.24) is 4.90 Å². The molecular weight excluding hydrogens is 353 g/mol. The van der Waals surface area contributed by atoms with Gasteiger partial charge < -0.3 is 19.2 Å². The Hall–Kier alpha value is -2.93. The molecule has 1 N–H and O–H groups in total. The van der Waals surface area contributed by atoms with Crippen molar-refractivity contribution >= 4 is 11.7 Å². The Morgan fingerprint density at radius 3 is 2.70 bits per heavy atom. The van der Waals surface area contributed by atoms with Gasteiger partial charge in [-0.3, -0.25) is 9.59 Å². The fourth-order valence-electron chi connectivity index (χ4n) is 2.93. The third-order valence-corrected chi connectivity index (χ3v) is 4.42. The highest BCUT2D eigenvalue weighted by molar-refractivity contribution is 6.12. The number of ether oxygens (including phenoxy) is 1. The number of aliphatic hydroxyl groups excluding tert-OH is 1. The summed E-state index contributed by atoms with van der Waals surface area (Å²) in [5, 5.41) is 10.2. The molecule has 1 aromatic heterocycles. The van der Waals surface area contributed by atoms with Crippen molar-refractivity contribution in [2.45, 2.75) is 12.8 Å². The Labute approximate surface area is 155 Å². The maximum atomic E-state index is 13.0. The summed E-state index contributed by atoms with van der Waals surface area (Å²) in [6.07, 6.45) is 0.649. The van der Waals surface area contributed by atoms with Crippen LogP contribution in [0.3, 0.4) is 0 Å². The van der Waals surface area contributed by atoms with Crippen LogP contribution < -0.4 is 0 Å². The molecule has 1 aliphatic rings. The van der Waals surface area contributed by atoms with Crippen molar-refractivity contribution in [2.24, 2.45) is 0 Å². The highest BCUT2D eigenvalue weighted by Crippen LogP contribution is 2.23. The highest BCUT2D eigenvalue weighted by Gasteiger charge is 2.31. The van der Waals surface area contributed by atoms with Gasteiger partial charge in [-0.1, -0.05) is 12.1 Å². The van der Waals surface area contributed by atoms with E-state index in [0.29, 0.717) is 31.9 Å². The van der Waals surface area contributed by atoms with Gasteiger partial charge in [0.25, 0.3) is 5.91 Å². The molecule has 0 atom stereocenters. The van der Waals surface area contributed by atoms with E-state index in [4.69, 9.17) is 9.15 Å². The van der Waals surface area contributed by atoms with Crippen LogP contribution >= 0.6 is 0 Å². The molecule has 27 heavy (non-hydrogen) atoms. The van der Waals surface area contributed by atoms with Gasteiger partial charge in [0, 0.05) is 26.6 Å². The largest absolute Gasteiger partial charge is 0.503 e. The molecule has 0 radical (unpaired) electrons. The summed E-state index contributed by atoms with van der Waals surface area (Å²) in [6.45, 7) is 1.03. The van der Waals surface area contributed by atoms with Crippen LogP contribution in [0.2, 0.25) is 0 Å². The Balaban J connectivity index is 1.72. The fraction of sp³-hybridized carbons (Fsp3) is 0.300. The molecule has 0 spiro atoms. The number of ketones is 1. The number of Topliss-reactive ketones (excluding diaryl/α,β-unsaturated/α-hetero) is 1.